The zero-order valence-electron chi connectivity index (χ0n) is 16.4. The van der Waals surface area contributed by atoms with Gasteiger partial charge in [-0.3, -0.25) is 0 Å². The first-order valence-electron chi connectivity index (χ1n) is 9.70. The van der Waals surface area contributed by atoms with Gasteiger partial charge >= 0.3 is 0 Å². The van der Waals surface area contributed by atoms with Gasteiger partial charge in [0, 0.05) is 48.0 Å². The van der Waals surface area contributed by atoms with E-state index in [4.69, 9.17) is 11.6 Å². The van der Waals surface area contributed by atoms with Crippen LogP contribution in [0.3, 0.4) is 0 Å². The van der Waals surface area contributed by atoms with E-state index >= 15 is 0 Å². The fourth-order valence-corrected chi connectivity index (χ4v) is 5.26. The summed E-state index contributed by atoms with van der Waals surface area (Å²) in [5.41, 5.74) is 4.00. The molecule has 2 aliphatic rings. The lowest BCUT2D eigenvalue weighted by Gasteiger charge is -2.17. The summed E-state index contributed by atoms with van der Waals surface area (Å²) in [4.78, 5) is 2.40. The summed E-state index contributed by atoms with van der Waals surface area (Å²) in [6.07, 6.45) is 6.71. The van der Waals surface area contributed by atoms with Crippen molar-refractivity contribution in [3.8, 4) is 0 Å². The summed E-state index contributed by atoms with van der Waals surface area (Å²) in [6, 6.07) is 8.78. The Bertz CT molecular complexity index is 761. The largest absolute Gasteiger partial charge is 0.366 e. The molecule has 26 heavy (non-hydrogen) atoms. The summed E-state index contributed by atoms with van der Waals surface area (Å²) in [5, 5.41) is 2.12. The Morgan fingerprint density at radius 2 is 2.08 bits per heavy atom. The van der Waals surface area contributed by atoms with Crippen LogP contribution in [0.4, 0.5) is 5.69 Å². The number of hydrogen-bond donors (Lipinski definition) is 0. The fraction of sp³-hybridized carbons (Fsp3) is 0.500. The number of hydrogen-bond acceptors (Lipinski definition) is 2. The minimum Gasteiger partial charge on any atom is -0.366 e. The van der Waals surface area contributed by atoms with Gasteiger partial charge < -0.3 is 4.90 Å². The van der Waals surface area contributed by atoms with E-state index in [0.717, 1.165) is 30.4 Å². The number of nitrogens with zero attached hydrogens (tertiary/aromatic N) is 2. The second kappa shape index (κ2) is 8.22. The summed E-state index contributed by atoms with van der Waals surface area (Å²) >= 11 is 8.63. The van der Waals surface area contributed by atoms with Crippen LogP contribution >= 0.6 is 23.4 Å². The van der Waals surface area contributed by atoms with Crippen molar-refractivity contribution in [2.24, 2.45) is 0 Å². The molecule has 0 atom stereocenters. The SMILES string of the molecule is CCCC[N+]1=C(/C=C(Cl)/C=C2\SCCN2CC)C(C)(C)c2ccccc21. The molecule has 0 aliphatic carbocycles. The number of rotatable bonds is 6. The second-order valence-electron chi connectivity index (χ2n) is 7.47. The zero-order valence-corrected chi connectivity index (χ0v) is 18.0. The van der Waals surface area contributed by atoms with Crippen molar-refractivity contribution in [1.82, 2.24) is 4.90 Å². The smallest absolute Gasteiger partial charge is 0.209 e. The predicted molar refractivity (Wildman–Crippen MR) is 116 cm³/mol. The van der Waals surface area contributed by atoms with Crippen LogP contribution in [0, 0.1) is 0 Å². The number of halogens is 1. The number of thioether (sulfide) groups is 1. The quantitative estimate of drug-likeness (QED) is 0.559. The average Bonchev–Trinajstić information content (AvgIpc) is 3.15. The van der Waals surface area contributed by atoms with E-state index in [0.29, 0.717) is 0 Å². The van der Waals surface area contributed by atoms with Crippen molar-refractivity contribution in [2.45, 2.75) is 46.0 Å². The van der Waals surface area contributed by atoms with Crippen LogP contribution in [0.5, 0.6) is 0 Å². The summed E-state index contributed by atoms with van der Waals surface area (Å²) in [7, 11) is 0. The first kappa shape index (κ1) is 19.6. The Kier molecular flexibility index (Phi) is 6.19. The third-order valence-corrected chi connectivity index (χ3v) is 6.65. The number of allylic oxidation sites excluding steroid dienone is 3. The third kappa shape index (κ3) is 3.75. The predicted octanol–water partition coefficient (Wildman–Crippen LogP) is 5.90. The molecule has 0 bridgehead atoms. The molecule has 0 radical (unpaired) electrons. The normalized spacial score (nSPS) is 21.0. The molecular weight excluding hydrogens is 360 g/mol. The molecule has 0 amide bonds. The van der Waals surface area contributed by atoms with Crippen LogP contribution in [-0.2, 0) is 5.41 Å². The van der Waals surface area contributed by atoms with Gasteiger partial charge in [-0.15, -0.1) is 11.8 Å². The van der Waals surface area contributed by atoms with Crippen molar-refractivity contribution in [3.05, 3.63) is 52.0 Å². The van der Waals surface area contributed by atoms with Gasteiger partial charge in [0.05, 0.1) is 10.4 Å². The maximum absolute atomic E-state index is 6.73. The maximum atomic E-state index is 6.73. The highest BCUT2D eigenvalue weighted by molar-refractivity contribution is 8.03. The second-order valence-corrected chi connectivity index (χ2v) is 9.02. The van der Waals surface area contributed by atoms with Crippen LogP contribution in [0.15, 0.2) is 46.5 Å². The lowest BCUT2D eigenvalue weighted by atomic mass is 9.81. The molecule has 140 valence electrons. The topological polar surface area (TPSA) is 6.25 Å². The van der Waals surface area contributed by atoms with E-state index in [1.165, 1.54) is 34.8 Å². The fourth-order valence-electron chi connectivity index (χ4n) is 3.86. The highest BCUT2D eigenvalue weighted by Gasteiger charge is 2.44. The molecule has 1 saturated heterocycles. The van der Waals surface area contributed by atoms with E-state index in [1.54, 1.807) is 0 Å². The number of unbranched alkanes of at least 4 members (excludes halogenated alkanes) is 1. The first-order chi connectivity index (χ1) is 12.5. The van der Waals surface area contributed by atoms with Crippen LogP contribution in [0.2, 0.25) is 0 Å². The standard InChI is InChI=1S/C22H30ClN2S/c1-5-7-12-25-19-11-9-8-10-18(19)22(3,4)20(25)15-17(23)16-21-24(6-2)13-14-26-21/h8-11,15-16H,5-7,12-14H2,1-4H3/q+1. The molecule has 2 heterocycles. The van der Waals surface area contributed by atoms with Gasteiger partial charge in [0.25, 0.3) is 0 Å². The van der Waals surface area contributed by atoms with Crippen molar-refractivity contribution in [1.29, 1.82) is 0 Å². The van der Waals surface area contributed by atoms with Gasteiger partial charge in [-0.25, -0.2) is 0 Å². The molecule has 1 fully saturated rings. The lowest BCUT2D eigenvalue weighted by molar-refractivity contribution is -0.438. The Hall–Kier alpha value is -1.19. The van der Waals surface area contributed by atoms with Gasteiger partial charge in [0.15, 0.2) is 5.71 Å². The Morgan fingerprint density at radius 3 is 2.81 bits per heavy atom. The lowest BCUT2D eigenvalue weighted by Crippen LogP contribution is -2.28. The van der Waals surface area contributed by atoms with Crippen LogP contribution in [0.1, 0.15) is 46.1 Å². The van der Waals surface area contributed by atoms with Gasteiger partial charge in [0.1, 0.15) is 6.54 Å². The minimum atomic E-state index is -0.0315. The summed E-state index contributed by atoms with van der Waals surface area (Å²) in [6.45, 7) is 12.3. The molecule has 0 N–H and O–H groups in total. The van der Waals surface area contributed by atoms with E-state index in [-0.39, 0.29) is 5.41 Å². The molecule has 1 aromatic carbocycles. The summed E-state index contributed by atoms with van der Waals surface area (Å²) in [5.74, 6) is 1.15. The highest BCUT2D eigenvalue weighted by Crippen LogP contribution is 2.40. The van der Waals surface area contributed by atoms with Crippen molar-refractivity contribution >= 4 is 34.8 Å². The van der Waals surface area contributed by atoms with Crippen LogP contribution < -0.4 is 0 Å². The van der Waals surface area contributed by atoms with E-state index in [1.807, 2.05) is 11.8 Å². The van der Waals surface area contributed by atoms with Crippen LogP contribution in [0.25, 0.3) is 0 Å². The molecule has 0 spiro atoms. The monoisotopic (exact) mass is 389 g/mol. The molecule has 0 unspecified atom stereocenters. The van der Waals surface area contributed by atoms with Crippen LogP contribution in [-0.4, -0.2) is 40.6 Å². The zero-order chi connectivity index (χ0) is 18.7. The number of benzene rings is 1. The van der Waals surface area contributed by atoms with Crippen molar-refractivity contribution in [2.75, 3.05) is 25.4 Å². The van der Waals surface area contributed by atoms with E-state index < -0.39 is 0 Å². The maximum Gasteiger partial charge on any atom is 0.209 e. The summed E-state index contributed by atoms with van der Waals surface area (Å²) < 4.78 is 2.47. The Labute approximate surface area is 167 Å². The van der Waals surface area contributed by atoms with Crippen molar-refractivity contribution in [3.63, 3.8) is 0 Å². The van der Waals surface area contributed by atoms with Gasteiger partial charge in [-0.1, -0.05) is 43.1 Å². The molecule has 0 saturated carbocycles. The molecule has 1 aromatic rings. The van der Waals surface area contributed by atoms with Gasteiger partial charge in [-0.05, 0) is 26.8 Å². The molecule has 0 aromatic heterocycles. The Balaban J connectivity index is 2.01. The minimum absolute atomic E-state index is 0.0315. The molecule has 4 heteroatoms. The average molecular weight is 390 g/mol. The highest BCUT2D eigenvalue weighted by atomic mass is 35.5. The first-order valence-corrected chi connectivity index (χ1v) is 11.1. The van der Waals surface area contributed by atoms with Gasteiger partial charge in [-0.2, -0.15) is 4.58 Å². The molecular formula is C22H30ClN2S+. The molecule has 2 nitrogen and oxygen atoms in total. The van der Waals surface area contributed by atoms with Crippen molar-refractivity contribution < 1.29 is 4.58 Å². The molecule has 2 aliphatic heterocycles. The van der Waals surface area contributed by atoms with E-state index in [2.05, 4.69) is 73.6 Å². The molecule has 3 rings (SSSR count). The third-order valence-electron chi connectivity index (χ3n) is 5.38. The Morgan fingerprint density at radius 1 is 1.31 bits per heavy atom. The van der Waals surface area contributed by atoms with Gasteiger partial charge in [0.2, 0.25) is 5.69 Å². The number of fused-ring (bicyclic) bond motifs is 1. The van der Waals surface area contributed by atoms with E-state index in [9.17, 15) is 0 Å². The number of para-hydroxylation sites is 1.